The minimum Gasteiger partial charge on any atom is -0.459 e. The number of carbonyl (C=O) groups is 1. The molecule has 1 N–H and O–H groups in total. The highest BCUT2D eigenvalue weighted by Gasteiger charge is 2.15. The van der Waals surface area contributed by atoms with Gasteiger partial charge in [0.15, 0.2) is 10.8 Å². The number of amides is 1. The van der Waals surface area contributed by atoms with Gasteiger partial charge in [0, 0.05) is 18.6 Å². The van der Waals surface area contributed by atoms with Gasteiger partial charge in [-0.05, 0) is 31.2 Å². The molecule has 0 aliphatic heterocycles. The van der Waals surface area contributed by atoms with Crippen molar-refractivity contribution < 1.29 is 9.21 Å². The van der Waals surface area contributed by atoms with Gasteiger partial charge in [0.05, 0.1) is 0 Å². The molecule has 0 radical (unpaired) electrons. The van der Waals surface area contributed by atoms with Crippen LogP contribution in [-0.4, -0.2) is 15.5 Å². The number of aryl methyl sites for hydroxylation is 2. The van der Waals surface area contributed by atoms with E-state index in [-0.39, 0.29) is 16.9 Å². The second-order valence-corrected chi connectivity index (χ2v) is 5.60. The number of aromatic nitrogens is 2. The number of hydrogen-bond acceptors (Lipinski definition) is 5. The van der Waals surface area contributed by atoms with Crippen LogP contribution in [0.1, 0.15) is 16.2 Å². The van der Waals surface area contributed by atoms with Crippen LogP contribution in [0.2, 0.25) is 0 Å². The molecule has 0 aromatic carbocycles. The first kappa shape index (κ1) is 14.3. The molecule has 0 spiro atoms. The maximum Gasteiger partial charge on any atom is 0.275 e. The van der Waals surface area contributed by atoms with Crippen LogP contribution in [0.25, 0.3) is 10.8 Å². The fourth-order valence-corrected chi connectivity index (χ4v) is 2.68. The van der Waals surface area contributed by atoms with Crippen molar-refractivity contribution in [1.82, 2.24) is 9.55 Å². The molecule has 0 saturated heterocycles. The van der Waals surface area contributed by atoms with E-state index < -0.39 is 5.91 Å². The van der Waals surface area contributed by atoms with Gasteiger partial charge in [-0.15, -0.1) is 11.3 Å². The van der Waals surface area contributed by atoms with Gasteiger partial charge in [-0.25, -0.2) is 4.98 Å². The third kappa shape index (κ3) is 2.71. The van der Waals surface area contributed by atoms with Gasteiger partial charge < -0.3 is 14.3 Å². The summed E-state index contributed by atoms with van der Waals surface area (Å²) in [7, 11) is 1.62. The Bertz CT molecular complexity index is 891. The molecule has 0 aliphatic rings. The summed E-state index contributed by atoms with van der Waals surface area (Å²) in [4.78, 5) is 28.3. The van der Waals surface area contributed by atoms with E-state index in [0.717, 1.165) is 5.76 Å². The highest BCUT2D eigenvalue weighted by molar-refractivity contribution is 7.13. The number of furan rings is 1. The molecule has 3 aromatic rings. The predicted octanol–water partition coefficient (Wildman–Crippen LogP) is 2.66. The van der Waals surface area contributed by atoms with Crippen molar-refractivity contribution >= 4 is 22.9 Å². The highest BCUT2D eigenvalue weighted by atomic mass is 32.1. The zero-order valence-electron chi connectivity index (χ0n) is 12.0. The van der Waals surface area contributed by atoms with Crippen molar-refractivity contribution in [2.45, 2.75) is 6.92 Å². The van der Waals surface area contributed by atoms with Crippen LogP contribution in [0.5, 0.6) is 0 Å². The van der Waals surface area contributed by atoms with Gasteiger partial charge in [0.25, 0.3) is 11.5 Å². The summed E-state index contributed by atoms with van der Waals surface area (Å²) in [5, 5.41) is 4.84. The van der Waals surface area contributed by atoms with E-state index in [2.05, 4.69) is 10.3 Å². The van der Waals surface area contributed by atoms with Gasteiger partial charge in [-0.2, -0.15) is 0 Å². The van der Waals surface area contributed by atoms with Crippen LogP contribution in [0.4, 0.5) is 5.69 Å². The average molecular weight is 315 g/mol. The maximum absolute atomic E-state index is 12.2. The highest BCUT2D eigenvalue weighted by Crippen LogP contribution is 2.25. The summed E-state index contributed by atoms with van der Waals surface area (Å²) < 4.78 is 6.88. The number of hydrogen-bond donors (Lipinski definition) is 1. The molecule has 0 atom stereocenters. The minimum absolute atomic E-state index is 0.221. The van der Waals surface area contributed by atoms with Crippen LogP contribution in [-0.2, 0) is 7.05 Å². The predicted molar refractivity (Wildman–Crippen MR) is 84.2 cm³/mol. The van der Waals surface area contributed by atoms with E-state index >= 15 is 0 Å². The quantitative estimate of drug-likeness (QED) is 0.806. The number of anilines is 1. The minimum atomic E-state index is -0.422. The molecule has 7 heteroatoms. The first-order valence-corrected chi connectivity index (χ1v) is 7.42. The Labute approximate surface area is 130 Å². The maximum atomic E-state index is 12.2. The van der Waals surface area contributed by atoms with Gasteiger partial charge in [-0.3, -0.25) is 9.59 Å². The molecular formula is C15H13N3O3S. The lowest BCUT2D eigenvalue weighted by Crippen LogP contribution is -2.23. The van der Waals surface area contributed by atoms with E-state index in [9.17, 15) is 9.59 Å². The van der Waals surface area contributed by atoms with Gasteiger partial charge in [0.1, 0.15) is 17.1 Å². The van der Waals surface area contributed by atoms with E-state index in [1.165, 1.54) is 15.9 Å². The molecule has 0 bridgehead atoms. The molecule has 0 aliphatic carbocycles. The zero-order valence-corrected chi connectivity index (χ0v) is 12.8. The largest absolute Gasteiger partial charge is 0.459 e. The monoisotopic (exact) mass is 315 g/mol. The summed E-state index contributed by atoms with van der Waals surface area (Å²) in [5.41, 5.74) is 0.200. The summed E-state index contributed by atoms with van der Waals surface area (Å²) >= 11 is 1.31. The number of pyridine rings is 1. The lowest BCUT2D eigenvalue weighted by Gasteiger charge is -2.03. The Morgan fingerprint density at radius 3 is 2.91 bits per heavy atom. The standard InChI is InChI=1S/C15H13N3O3S/c1-9-5-6-12(21-9)14-17-11(8-22-14)13(19)16-10-4-3-7-18(2)15(10)20/h3-8H,1-2H3,(H,16,19). The molecule has 3 rings (SSSR count). The number of rotatable bonds is 3. The first-order chi connectivity index (χ1) is 10.5. The zero-order chi connectivity index (χ0) is 15.7. The molecule has 3 heterocycles. The fourth-order valence-electron chi connectivity index (χ4n) is 1.92. The Hall–Kier alpha value is -2.67. The van der Waals surface area contributed by atoms with Crippen molar-refractivity contribution in [3.05, 3.63) is 57.7 Å². The lowest BCUT2D eigenvalue weighted by atomic mass is 10.3. The van der Waals surface area contributed by atoms with Crippen LogP contribution < -0.4 is 10.9 Å². The molecule has 3 aromatic heterocycles. The second-order valence-electron chi connectivity index (χ2n) is 4.74. The van der Waals surface area contributed by atoms with Crippen molar-refractivity contribution in [1.29, 1.82) is 0 Å². The smallest absolute Gasteiger partial charge is 0.275 e. The molecule has 0 fully saturated rings. The summed E-state index contributed by atoms with van der Waals surface area (Å²) in [5.74, 6) is 0.982. The Kier molecular flexibility index (Phi) is 3.64. The molecular weight excluding hydrogens is 302 g/mol. The molecule has 0 unspecified atom stereocenters. The van der Waals surface area contributed by atoms with Gasteiger partial charge >= 0.3 is 0 Å². The second kappa shape index (κ2) is 5.61. The SMILES string of the molecule is Cc1ccc(-c2nc(C(=O)Nc3cccn(C)c3=O)cs2)o1. The van der Waals surface area contributed by atoms with Crippen molar-refractivity contribution in [3.63, 3.8) is 0 Å². The Morgan fingerprint density at radius 2 is 2.18 bits per heavy atom. The average Bonchev–Trinajstić information content (AvgIpc) is 3.12. The normalized spacial score (nSPS) is 10.6. The molecule has 1 amide bonds. The topological polar surface area (TPSA) is 77.1 Å². The van der Waals surface area contributed by atoms with Gasteiger partial charge in [-0.1, -0.05) is 0 Å². The number of nitrogens with one attached hydrogen (secondary N) is 1. The fraction of sp³-hybridized carbons (Fsp3) is 0.133. The number of carbonyl (C=O) groups excluding carboxylic acids is 1. The van der Waals surface area contributed by atoms with E-state index in [1.807, 2.05) is 19.1 Å². The first-order valence-electron chi connectivity index (χ1n) is 6.54. The third-order valence-corrected chi connectivity index (χ3v) is 3.92. The number of nitrogens with zero attached hydrogens (tertiary/aromatic N) is 2. The molecule has 0 saturated carbocycles. The summed E-state index contributed by atoms with van der Waals surface area (Å²) in [6, 6.07) is 6.89. The van der Waals surface area contributed by atoms with E-state index in [0.29, 0.717) is 10.8 Å². The molecule has 22 heavy (non-hydrogen) atoms. The van der Waals surface area contributed by atoms with Crippen LogP contribution >= 0.6 is 11.3 Å². The van der Waals surface area contributed by atoms with E-state index in [4.69, 9.17) is 4.42 Å². The lowest BCUT2D eigenvalue weighted by molar-refractivity contribution is 0.102. The number of thiazole rings is 1. The van der Waals surface area contributed by atoms with Crippen molar-refractivity contribution in [2.24, 2.45) is 7.05 Å². The molecule has 6 nitrogen and oxygen atoms in total. The van der Waals surface area contributed by atoms with Crippen LogP contribution in [0.15, 0.2) is 45.1 Å². The van der Waals surface area contributed by atoms with E-state index in [1.54, 1.807) is 30.8 Å². The third-order valence-electron chi connectivity index (χ3n) is 3.06. The Balaban J connectivity index is 1.83. The summed E-state index contributed by atoms with van der Waals surface area (Å²) in [6.07, 6.45) is 1.62. The summed E-state index contributed by atoms with van der Waals surface area (Å²) in [6.45, 7) is 1.84. The Morgan fingerprint density at radius 1 is 1.36 bits per heavy atom. The molecule has 112 valence electrons. The van der Waals surface area contributed by atoms with Crippen LogP contribution in [0, 0.1) is 6.92 Å². The van der Waals surface area contributed by atoms with Crippen molar-refractivity contribution in [2.75, 3.05) is 5.32 Å². The van der Waals surface area contributed by atoms with Gasteiger partial charge in [0.2, 0.25) is 0 Å². The van der Waals surface area contributed by atoms with Crippen LogP contribution in [0.3, 0.4) is 0 Å². The van der Waals surface area contributed by atoms with Crippen molar-refractivity contribution in [3.8, 4) is 10.8 Å².